The van der Waals surface area contributed by atoms with E-state index in [0.717, 1.165) is 4.88 Å². The molecule has 0 saturated carbocycles. The van der Waals surface area contributed by atoms with Crippen LogP contribution < -0.4 is 0 Å². The van der Waals surface area contributed by atoms with Gasteiger partial charge >= 0.3 is 5.97 Å². The fraction of sp³-hybridized carbons (Fsp3) is 0.211. The predicted octanol–water partition coefficient (Wildman–Crippen LogP) is 4.26. The number of thioether (sulfide) groups is 1. The minimum atomic E-state index is -0.692. The number of imidazole rings is 1. The first kappa shape index (κ1) is 21.4. The molecule has 2 aromatic heterocycles. The highest BCUT2D eigenvalue weighted by atomic mass is 35.5. The minimum absolute atomic E-state index is 0.154. The Hall–Kier alpha value is -2.36. The molecule has 0 unspecified atom stereocenters. The molecule has 0 aliphatic carbocycles. The molecule has 2 heterocycles. The molecule has 0 fully saturated rings. The number of aromatic nitrogens is 2. The van der Waals surface area contributed by atoms with Crippen LogP contribution in [0.25, 0.3) is 5.69 Å². The van der Waals surface area contributed by atoms with Crippen molar-refractivity contribution in [1.82, 2.24) is 14.5 Å². The van der Waals surface area contributed by atoms with Crippen molar-refractivity contribution < 1.29 is 18.7 Å². The molecule has 0 spiro atoms. The second kappa shape index (κ2) is 9.43. The number of rotatable bonds is 7. The number of ether oxygens (including phenoxy) is 1. The van der Waals surface area contributed by atoms with E-state index in [-0.39, 0.29) is 17.4 Å². The summed E-state index contributed by atoms with van der Waals surface area (Å²) < 4.78 is 20.7. The number of amides is 1. The van der Waals surface area contributed by atoms with E-state index in [0.29, 0.717) is 21.7 Å². The van der Waals surface area contributed by atoms with E-state index in [9.17, 15) is 14.0 Å². The first-order valence-electron chi connectivity index (χ1n) is 8.42. The largest absolute Gasteiger partial charge is 0.451 e. The topological polar surface area (TPSA) is 64.4 Å². The maximum atomic E-state index is 13.2. The number of nitrogens with zero attached hydrogens (tertiary/aromatic N) is 3. The highest BCUT2D eigenvalue weighted by Crippen LogP contribution is 2.23. The summed E-state index contributed by atoms with van der Waals surface area (Å²) in [5.41, 5.74) is 0.722. The van der Waals surface area contributed by atoms with Gasteiger partial charge < -0.3 is 9.64 Å². The summed E-state index contributed by atoms with van der Waals surface area (Å²) in [7, 11) is 1.62. The lowest BCUT2D eigenvalue weighted by atomic mass is 10.3. The molecule has 0 aliphatic rings. The van der Waals surface area contributed by atoms with E-state index in [4.69, 9.17) is 16.3 Å². The molecule has 0 atom stereocenters. The molecule has 152 valence electrons. The normalized spacial score (nSPS) is 10.8. The third-order valence-electron chi connectivity index (χ3n) is 3.98. The second-order valence-corrected chi connectivity index (χ2v) is 8.55. The van der Waals surface area contributed by atoms with Gasteiger partial charge in [0, 0.05) is 17.6 Å². The van der Waals surface area contributed by atoms with E-state index >= 15 is 0 Å². The molecular weight excluding hydrogens is 437 g/mol. The highest BCUT2D eigenvalue weighted by molar-refractivity contribution is 7.98. The van der Waals surface area contributed by atoms with Crippen molar-refractivity contribution in [1.29, 1.82) is 0 Å². The van der Waals surface area contributed by atoms with Crippen LogP contribution >= 0.6 is 34.7 Å². The lowest BCUT2D eigenvalue weighted by Crippen LogP contribution is -2.30. The Labute approximate surface area is 180 Å². The van der Waals surface area contributed by atoms with Crippen molar-refractivity contribution in [3.8, 4) is 5.69 Å². The van der Waals surface area contributed by atoms with Crippen molar-refractivity contribution in [2.45, 2.75) is 11.7 Å². The van der Waals surface area contributed by atoms with Crippen LogP contribution in [0.4, 0.5) is 4.39 Å². The fourth-order valence-corrected chi connectivity index (χ4v) is 4.22. The Morgan fingerprint density at radius 1 is 1.28 bits per heavy atom. The smallest absolute Gasteiger partial charge is 0.357 e. The van der Waals surface area contributed by atoms with Gasteiger partial charge in [0.15, 0.2) is 17.5 Å². The zero-order chi connectivity index (χ0) is 21.0. The average Bonchev–Trinajstić information content (AvgIpc) is 3.32. The Kier molecular flexibility index (Phi) is 6.94. The van der Waals surface area contributed by atoms with Gasteiger partial charge in [-0.3, -0.25) is 9.36 Å². The molecule has 0 N–H and O–H groups in total. The molecule has 1 amide bonds. The Balaban J connectivity index is 1.68. The SMILES string of the molecule is CSc1ncc(C(=O)OCC(=O)N(C)Cc2ccc(Cl)s2)n1-c1ccc(F)cc1. The first-order valence-corrected chi connectivity index (χ1v) is 10.8. The van der Waals surface area contributed by atoms with Crippen LogP contribution in [0, 0.1) is 5.82 Å². The number of halogens is 2. The summed E-state index contributed by atoms with van der Waals surface area (Å²) in [6.45, 7) is -0.0322. The van der Waals surface area contributed by atoms with Crippen LogP contribution in [0.15, 0.2) is 47.8 Å². The number of benzene rings is 1. The maximum Gasteiger partial charge on any atom is 0.357 e. The molecule has 6 nitrogen and oxygen atoms in total. The number of thiophene rings is 1. The molecule has 0 aliphatic heterocycles. The van der Waals surface area contributed by atoms with Gasteiger partial charge in [-0.2, -0.15) is 0 Å². The molecule has 0 radical (unpaired) electrons. The van der Waals surface area contributed by atoms with Crippen molar-refractivity contribution in [2.75, 3.05) is 19.9 Å². The zero-order valence-corrected chi connectivity index (χ0v) is 18.0. The standard InChI is InChI=1S/C19H17ClFN3O3S2/c1-23(10-14-7-8-16(20)29-14)17(25)11-27-18(26)15-9-22-19(28-2)24(15)13-5-3-12(21)4-6-13/h3-9H,10-11H2,1-2H3. The van der Waals surface area contributed by atoms with E-state index in [2.05, 4.69) is 4.98 Å². The number of hydrogen-bond acceptors (Lipinski definition) is 6. The number of carbonyl (C=O) groups excluding carboxylic acids is 2. The van der Waals surface area contributed by atoms with Gasteiger partial charge in [-0.15, -0.1) is 11.3 Å². The van der Waals surface area contributed by atoms with Gasteiger partial charge in [0.2, 0.25) is 0 Å². The maximum absolute atomic E-state index is 13.2. The zero-order valence-electron chi connectivity index (χ0n) is 15.6. The number of hydrogen-bond donors (Lipinski definition) is 0. The van der Waals surface area contributed by atoms with Gasteiger partial charge in [-0.1, -0.05) is 23.4 Å². The first-order chi connectivity index (χ1) is 13.9. The quantitative estimate of drug-likeness (QED) is 0.395. The van der Waals surface area contributed by atoms with Crippen LogP contribution in [0.1, 0.15) is 15.4 Å². The van der Waals surface area contributed by atoms with Gasteiger partial charge in [-0.05, 0) is 42.7 Å². The van der Waals surface area contributed by atoms with E-state index in [1.165, 1.54) is 46.3 Å². The summed E-state index contributed by atoms with van der Waals surface area (Å²) in [6.07, 6.45) is 3.19. The Bertz CT molecular complexity index is 1020. The van der Waals surface area contributed by atoms with Crippen molar-refractivity contribution in [3.05, 3.63) is 63.3 Å². The van der Waals surface area contributed by atoms with E-state index in [1.54, 1.807) is 29.8 Å². The third-order valence-corrected chi connectivity index (χ3v) is 5.85. The fourth-order valence-electron chi connectivity index (χ4n) is 2.53. The monoisotopic (exact) mass is 453 g/mol. The second-order valence-electron chi connectivity index (χ2n) is 5.97. The summed E-state index contributed by atoms with van der Waals surface area (Å²) in [5, 5.41) is 0.543. The molecule has 3 aromatic rings. The molecule has 0 bridgehead atoms. The molecular formula is C19H17ClFN3O3S2. The van der Waals surface area contributed by atoms with Crippen LogP contribution in [0.2, 0.25) is 4.34 Å². The summed E-state index contributed by atoms with van der Waals surface area (Å²) in [6, 6.07) is 9.28. The number of likely N-dealkylation sites (N-methyl/N-ethyl adjacent to an activating group) is 1. The van der Waals surface area contributed by atoms with Crippen LogP contribution in [-0.2, 0) is 16.1 Å². The Morgan fingerprint density at radius 3 is 2.62 bits per heavy atom. The number of carbonyl (C=O) groups is 2. The summed E-state index contributed by atoms with van der Waals surface area (Å²) in [5.74, 6) is -1.42. The summed E-state index contributed by atoms with van der Waals surface area (Å²) in [4.78, 5) is 31.5. The average molecular weight is 454 g/mol. The predicted molar refractivity (Wildman–Crippen MR) is 111 cm³/mol. The lowest BCUT2D eigenvalue weighted by molar-refractivity contribution is -0.133. The van der Waals surface area contributed by atoms with Crippen LogP contribution in [0.3, 0.4) is 0 Å². The van der Waals surface area contributed by atoms with Gasteiger partial charge in [0.25, 0.3) is 5.91 Å². The van der Waals surface area contributed by atoms with Gasteiger partial charge in [0.05, 0.1) is 17.1 Å². The lowest BCUT2D eigenvalue weighted by Gasteiger charge is -2.16. The van der Waals surface area contributed by atoms with E-state index < -0.39 is 12.6 Å². The number of esters is 1. The minimum Gasteiger partial charge on any atom is -0.451 e. The van der Waals surface area contributed by atoms with Gasteiger partial charge in [-0.25, -0.2) is 14.2 Å². The highest BCUT2D eigenvalue weighted by Gasteiger charge is 2.21. The van der Waals surface area contributed by atoms with Gasteiger partial charge in [0.1, 0.15) is 5.82 Å². The molecule has 29 heavy (non-hydrogen) atoms. The molecule has 0 saturated heterocycles. The van der Waals surface area contributed by atoms with Crippen molar-refractivity contribution in [3.63, 3.8) is 0 Å². The van der Waals surface area contributed by atoms with Crippen LogP contribution in [0.5, 0.6) is 0 Å². The molecule has 1 aromatic carbocycles. The third kappa shape index (κ3) is 5.17. The van der Waals surface area contributed by atoms with E-state index in [1.807, 2.05) is 12.3 Å². The molecule has 3 rings (SSSR count). The van der Waals surface area contributed by atoms with Crippen molar-refractivity contribution >= 4 is 46.6 Å². The summed E-state index contributed by atoms with van der Waals surface area (Å²) >= 11 is 8.61. The molecule has 10 heteroatoms. The van der Waals surface area contributed by atoms with Crippen LogP contribution in [-0.4, -0.2) is 46.2 Å². The Morgan fingerprint density at radius 2 is 2.00 bits per heavy atom. The van der Waals surface area contributed by atoms with Crippen molar-refractivity contribution in [2.24, 2.45) is 0 Å².